The highest BCUT2D eigenvalue weighted by atomic mass is 28.4. The van der Waals surface area contributed by atoms with Crippen LogP contribution in [0.25, 0.3) is 0 Å². The topological polar surface area (TPSA) is 40.2 Å². The Kier molecular flexibility index (Phi) is 10.7. The minimum atomic E-state index is -2.01. The molecule has 2 unspecified atom stereocenters. The molecule has 122 valence electrons. The molecule has 0 aromatic carbocycles. The molecule has 0 amide bonds. The first-order valence-corrected chi connectivity index (χ1v) is 10.1. The average Bonchev–Trinajstić information content (AvgIpc) is 2.42. The third-order valence-corrected chi connectivity index (χ3v) is 6.62. The number of nitrogens with zero attached hydrogens (tertiary/aromatic N) is 1. The van der Waals surface area contributed by atoms with E-state index >= 15 is 0 Å². The normalized spacial score (nSPS) is 15.6. The fourth-order valence-corrected chi connectivity index (χ4v) is 4.70. The lowest BCUT2D eigenvalue weighted by molar-refractivity contribution is -0.116. The molecule has 0 rings (SSSR count). The standard InChI is InChI=1S/C14H33NO4Si/c1-8-18-20(7,19-9-2)12-10-11-15(13(3)16-5)14(4)17-6/h13-14H,8-12H2,1-7H3. The van der Waals surface area contributed by atoms with Crippen molar-refractivity contribution < 1.29 is 18.3 Å². The molecule has 0 spiro atoms. The molecule has 0 heterocycles. The van der Waals surface area contributed by atoms with Crippen LogP contribution >= 0.6 is 0 Å². The van der Waals surface area contributed by atoms with E-state index in [0.717, 1.165) is 32.2 Å². The monoisotopic (exact) mass is 307 g/mol. The summed E-state index contributed by atoms with van der Waals surface area (Å²) in [5.41, 5.74) is 0. The average molecular weight is 308 g/mol. The molecule has 0 aromatic heterocycles. The summed E-state index contributed by atoms with van der Waals surface area (Å²) in [4.78, 5) is 2.20. The number of ether oxygens (including phenoxy) is 2. The first-order valence-electron chi connectivity index (χ1n) is 7.53. The Hall–Kier alpha value is 0.0169. The van der Waals surface area contributed by atoms with Gasteiger partial charge in [-0.2, -0.15) is 0 Å². The van der Waals surface area contributed by atoms with Crippen LogP contribution in [0.1, 0.15) is 34.1 Å². The molecule has 0 saturated carbocycles. The van der Waals surface area contributed by atoms with Gasteiger partial charge in [-0.1, -0.05) is 0 Å². The van der Waals surface area contributed by atoms with Crippen molar-refractivity contribution in [3.63, 3.8) is 0 Å². The second-order valence-corrected chi connectivity index (χ2v) is 8.36. The van der Waals surface area contributed by atoms with Crippen molar-refractivity contribution in [2.45, 2.75) is 59.2 Å². The van der Waals surface area contributed by atoms with Crippen LogP contribution in [-0.2, 0) is 18.3 Å². The van der Waals surface area contributed by atoms with E-state index in [1.165, 1.54) is 0 Å². The summed E-state index contributed by atoms with van der Waals surface area (Å²) in [6.45, 7) is 12.6. The largest absolute Gasteiger partial charge is 0.395 e. The van der Waals surface area contributed by atoms with Gasteiger partial charge >= 0.3 is 8.56 Å². The van der Waals surface area contributed by atoms with Crippen molar-refractivity contribution >= 4 is 8.56 Å². The molecule has 0 N–H and O–H groups in total. The highest BCUT2D eigenvalue weighted by Gasteiger charge is 2.31. The number of hydrogen-bond acceptors (Lipinski definition) is 5. The molecule has 0 saturated heterocycles. The smallest absolute Gasteiger partial charge is 0.334 e. The van der Waals surface area contributed by atoms with Crippen LogP contribution in [0.2, 0.25) is 12.6 Å². The Morgan fingerprint density at radius 1 is 0.950 bits per heavy atom. The summed E-state index contributed by atoms with van der Waals surface area (Å²) >= 11 is 0. The summed E-state index contributed by atoms with van der Waals surface area (Å²) in [6.07, 6.45) is 1.10. The maximum Gasteiger partial charge on any atom is 0.334 e. The molecular weight excluding hydrogens is 274 g/mol. The number of methoxy groups -OCH3 is 2. The van der Waals surface area contributed by atoms with Crippen molar-refractivity contribution in [1.29, 1.82) is 0 Å². The third kappa shape index (κ3) is 7.15. The second kappa shape index (κ2) is 10.7. The number of rotatable bonds is 12. The first-order chi connectivity index (χ1) is 9.44. The molecule has 6 heteroatoms. The van der Waals surface area contributed by atoms with Gasteiger partial charge in [0.2, 0.25) is 0 Å². The van der Waals surface area contributed by atoms with Crippen LogP contribution in [-0.4, -0.2) is 59.9 Å². The predicted molar refractivity (Wildman–Crippen MR) is 83.9 cm³/mol. The third-order valence-electron chi connectivity index (χ3n) is 3.56. The molecule has 0 fully saturated rings. The van der Waals surface area contributed by atoms with E-state index in [1.807, 2.05) is 27.7 Å². The maximum atomic E-state index is 5.86. The van der Waals surface area contributed by atoms with Gasteiger partial charge in [0, 0.05) is 34.0 Å². The highest BCUT2D eigenvalue weighted by Crippen LogP contribution is 2.18. The van der Waals surface area contributed by atoms with Crippen LogP contribution in [0.3, 0.4) is 0 Å². The maximum absolute atomic E-state index is 5.86. The molecule has 0 radical (unpaired) electrons. The van der Waals surface area contributed by atoms with Crippen molar-refractivity contribution in [2.75, 3.05) is 34.0 Å². The molecule has 2 atom stereocenters. The van der Waals surface area contributed by atoms with Gasteiger partial charge in [0.25, 0.3) is 0 Å². The Labute approximate surface area is 125 Å². The van der Waals surface area contributed by atoms with E-state index in [9.17, 15) is 0 Å². The van der Waals surface area contributed by atoms with Gasteiger partial charge in [-0.15, -0.1) is 0 Å². The van der Waals surface area contributed by atoms with Crippen molar-refractivity contribution in [3.05, 3.63) is 0 Å². The summed E-state index contributed by atoms with van der Waals surface area (Å²) in [7, 11) is 1.43. The van der Waals surface area contributed by atoms with E-state index < -0.39 is 8.56 Å². The zero-order valence-corrected chi connectivity index (χ0v) is 15.3. The van der Waals surface area contributed by atoms with Crippen LogP contribution < -0.4 is 0 Å². The van der Waals surface area contributed by atoms with Gasteiger partial charge in [0.1, 0.15) is 12.5 Å². The highest BCUT2D eigenvalue weighted by molar-refractivity contribution is 6.66. The summed E-state index contributed by atoms with van der Waals surface area (Å²) < 4.78 is 22.5. The van der Waals surface area contributed by atoms with Crippen LogP contribution in [0.5, 0.6) is 0 Å². The van der Waals surface area contributed by atoms with Crippen LogP contribution in [0, 0.1) is 0 Å². The Morgan fingerprint density at radius 3 is 1.75 bits per heavy atom. The van der Waals surface area contributed by atoms with E-state index in [-0.39, 0.29) is 12.5 Å². The molecule has 20 heavy (non-hydrogen) atoms. The fourth-order valence-electron chi connectivity index (χ4n) is 2.31. The van der Waals surface area contributed by atoms with Crippen molar-refractivity contribution in [2.24, 2.45) is 0 Å². The lowest BCUT2D eigenvalue weighted by Crippen LogP contribution is -2.44. The minimum absolute atomic E-state index is 0.0389. The quantitative estimate of drug-likeness (QED) is 0.409. The van der Waals surface area contributed by atoms with Gasteiger partial charge in [-0.25, -0.2) is 0 Å². The zero-order chi connectivity index (χ0) is 15.6. The van der Waals surface area contributed by atoms with Crippen LogP contribution in [0.4, 0.5) is 0 Å². The molecule has 5 nitrogen and oxygen atoms in total. The Morgan fingerprint density at radius 2 is 1.40 bits per heavy atom. The van der Waals surface area contributed by atoms with E-state index in [2.05, 4.69) is 11.4 Å². The fraction of sp³-hybridized carbons (Fsp3) is 1.00. The molecular formula is C14H33NO4Si. The van der Waals surface area contributed by atoms with E-state index in [4.69, 9.17) is 18.3 Å². The van der Waals surface area contributed by atoms with Crippen LogP contribution in [0.15, 0.2) is 0 Å². The minimum Gasteiger partial charge on any atom is -0.395 e. The summed E-state index contributed by atoms with van der Waals surface area (Å²) in [5.74, 6) is 0. The number of hydrogen-bond donors (Lipinski definition) is 0. The van der Waals surface area contributed by atoms with E-state index in [1.54, 1.807) is 14.2 Å². The molecule has 0 aliphatic carbocycles. The van der Waals surface area contributed by atoms with Crippen molar-refractivity contribution in [1.82, 2.24) is 4.90 Å². The second-order valence-electron chi connectivity index (χ2n) is 5.01. The van der Waals surface area contributed by atoms with Crippen molar-refractivity contribution in [3.8, 4) is 0 Å². The lowest BCUT2D eigenvalue weighted by atomic mass is 10.3. The predicted octanol–water partition coefficient (Wildman–Crippen LogP) is 2.81. The Balaban J connectivity index is 4.39. The summed E-state index contributed by atoms with van der Waals surface area (Å²) in [6, 6.07) is 0.984. The molecule has 0 aliphatic heterocycles. The summed E-state index contributed by atoms with van der Waals surface area (Å²) in [5, 5.41) is 0. The lowest BCUT2D eigenvalue weighted by Gasteiger charge is -2.33. The SMILES string of the molecule is CCO[Si](C)(CCCN(C(C)OC)C(C)OC)OCC. The van der Waals surface area contributed by atoms with Gasteiger partial charge in [-0.05, 0) is 46.7 Å². The molecule has 0 aliphatic rings. The van der Waals surface area contributed by atoms with E-state index in [0.29, 0.717) is 0 Å². The molecule has 0 aromatic rings. The first kappa shape index (κ1) is 20.0. The van der Waals surface area contributed by atoms with Gasteiger partial charge in [0.15, 0.2) is 0 Å². The van der Waals surface area contributed by atoms with Gasteiger partial charge < -0.3 is 18.3 Å². The van der Waals surface area contributed by atoms with Gasteiger partial charge in [-0.3, -0.25) is 4.90 Å². The zero-order valence-electron chi connectivity index (χ0n) is 14.3. The Bertz CT molecular complexity index is 227. The van der Waals surface area contributed by atoms with Gasteiger partial charge in [0.05, 0.1) is 0 Å². The molecule has 0 bridgehead atoms.